The monoisotopic (exact) mass is 369 g/mol. The number of carbonyl (C=O) groups excluding carboxylic acids is 1. The van der Waals surface area contributed by atoms with Crippen molar-refractivity contribution in [2.24, 2.45) is 0 Å². The van der Waals surface area contributed by atoms with Gasteiger partial charge in [-0.25, -0.2) is 9.97 Å². The average Bonchev–Trinajstić information content (AvgIpc) is 2.93. The summed E-state index contributed by atoms with van der Waals surface area (Å²) < 4.78 is 5.58. The number of nitrogens with zero attached hydrogens (tertiary/aromatic N) is 2. The Balaban J connectivity index is 1.88. The number of thiophene rings is 1. The Morgan fingerprint density at radius 3 is 2.50 bits per heavy atom. The third-order valence-corrected chi connectivity index (χ3v) is 5.39. The van der Waals surface area contributed by atoms with Gasteiger partial charge in [0.25, 0.3) is 5.91 Å². The summed E-state index contributed by atoms with van der Waals surface area (Å²) in [6.45, 7) is 10.8. The highest BCUT2D eigenvalue weighted by molar-refractivity contribution is 7.20. The van der Waals surface area contributed by atoms with Crippen molar-refractivity contribution < 1.29 is 9.53 Å². The predicted octanol–water partition coefficient (Wildman–Crippen LogP) is 4.95. The molecule has 0 aliphatic rings. The minimum absolute atomic E-state index is 0.0823. The number of ether oxygens (including phenoxy) is 1. The predicted molar refractivity (Wildman–Crippen MR) is 106 cm³/mol. The number of hydrogen-bond acceptors (Lipinski definition) is 5. The van der Waals surface area contributed by atoms with E-state index in [0.717, 1.165) is 21.5 Å². The highest BCUT2D eigenvalue weighted by Crippen LogP contribution is 2.34. The van der Waals surface area contributed by atoms with Crippen LogP contribution in [0, 0.1) is 6.92 Å². The van der Waals surface area contributed by atoms with Gasteiger partial charge in [0.15, 0.2) is 0 Å². The molecular formula is C20H23N3O2S. The van der Waals surface area contributed by atoms with Gasteiger partial charge in [-0.2, -0.15) is 0 Å². The first kappa shape index (κ1) is 18.3. The molecule has 136 valence electrons. The second-order valence-electron chi connectivity index (χ2n) is 7.13. The van der Waals surface area contributed by atoms with Crippen molar-refractivity contribution in [2.45, 2.75) is 40.0 Å². The molecule has 0 saturated heterocycles. The Labute approximate surface area is 157 Å². The van der Waals surface area contributed by atoms with Crippen LogP contribution in [-0.2, 0) is 5.41 Å². The van der Waals surface area contributed by atoms with E-state index in [0.29, 0.717) is 17.4 Å². The number of aryl methyl sites for hydroxylation is 1. The molecule has 2 heterocycles. The van der Waals surface area contributed by atoms with Crippen LogP contribution in [0.4, 0.5) is 5.69 Å². The first-order chi connectivity index (χ1) is 12.3. The van der Waals surface area contributed by atoms with Gasteiger partial charge in [0.05, 0.1) is 16.9 Å². The van der Waals surface area contributed by atoms with Gasteiger partial charge in [-0.15, -0.1) is 11.3 Å². The summed E-state index contributed by atoms with van der Waals surface area (Å²) in [6, 6.07) is 7.97. The zero-order valence-electron chi connectivity index (χ0n) is 15.7. The van der Waals surface area contributed by atoms with Crippen molar-refractivity contribution in [1.29, 1.82) is 0 Å². The summed E-state index contributed by atoms with van der Waals surface area (Å²) in [5, 5.41) is 3.79. The molecule has 3 rings (SSSR count). The number of benzene rings is 1. The van der Waals surface area contributed by atoms with Gasteiger partial charge in [0, 0.05) is 5.69 Å². The van der Waals surface area contributed by atoms with Gasteiger partial charge in [-0.05, 0) is 42.5 Å². The molecule has 0 atom stereocenters. The normalized spacial score (nSPS) is 11.6. The third-order valence-electron chi connectivity index (χ3n) is 4.19. The van der Waals surface area contributed by atoms with E-state index in [9.17, 15) is 4.79 Å². The molecule has 0 spiro atoms. The second kappa shape index (κ2) is 7.03. The van der Waals surface area contributed by atoms with Crippen LogP contribution in [0.1, 0.15) is 48.5 Å². The number of amides is 1. The van der Waals surface area contributed by atoms with Crippen LogP contribution in [0.5, 0.6) is 5.88 Å². The molecule has 0 aliphatic carbocycles. The van der Waals surface area contributed by atoms with E-state index in [1.807, 2.05) is 38.1 Å². The van der Waals surface area contributed by atoms with Crippen molar-refractivity contribution in [3.8, 4) is 5.88 Å². The molecule has 0 saturated carbocycles. The minimum atomic E-state index is -0.142. The van der Waals surface area contributed by atoms with Gasteiger partial charge in [0.2, 0.25) is 5.88 Å². The Hall–Kier alpha value is -2.47. The maximum absolute atomic E-state index is 12.8. The van der Waals surface area contributed by atoms with Gasteiger partial charge >= 0.3 is 0 Å². The largest absolute Gasteiger partial charge is 0.477 e. The maximum Gasteiger partial charge on any atom is 0.266 e. The SMILES string of the molecule is CCOc1ncnc2sc(C(=O)Nc3ccc(C(C)(C)C)cc3)c(C)c12. The summed E-state index contributed by atoms with van der Waals surface area (Å²) in [5.74, 6) is 0.385. The number of carbonyl (C=O) groups is 1. The molecule has 2 aromatic heterocycles. The second-order valence-corrected chi connectivity index (χ2v) is 8.13. The number of fused-ring (bicyclic) bond motifs is 1. The van der Waals surface area contributed by atoms with Gasteiger partial charge in [-0.3, -0.25) is 4.79 Å². The number of anilines is 1. The topological polar surface area (TPSA) is 64.1 Å². The van der Waals surface area contributed by atoms with Gasteiger partial charge in [-0.1, -0.05) is 32.9 Å². The molecule has 1 aromatic carbocycles. The summed E-state index contributed by atoms with van der Waals surface area (Å²) in [6.07, 6.45) is 1.47. The summed E-state index contributed by atoms with van der Waals surface area (Å²) >= 11 is 1.36. The van der Waals surface area contributed by atoms with Crippen LogP contribution in [-0.4, -0.2) is 22.5 Å². The van der Waals surface area contributed by atoms with E-state index in [4.69, 9.17) is 4.74 Å². The lowest BCUT2D eigenvalue weighted by atomic mass is 9.87. The third kappa shape index (κ3) is 3.55. The maximum atomic E-state index is 12.8. The van der Waals surface area contributed by atoms with E-state index in [1.54, 1.807) is 0 Å². The molecule has 0 aliphatic heterocycles. The standard InChI is InChI=1S/C20H23N3O2S/c1-6-25-18-15-12(2)16(26-19(15)22-11-21-18)17(24)23-14-9-7-13(8-10-14)20(3,4)5/h7-11H,6H2,1-5H3,(H,23,24). The fraction of sp³-hybridized carbons (Fsp3) is 0.350. The highest BCUT2D eigenvalue weighted by atomic mass is 32.1. The van der Waals surface area contributed by atoms with Crippen molar-refractivity contribution in [3.63, 3.8) is 0 Å². The summed E-state index contributed by atoms with van der Waals surface area (Å²) in [5.41, 5.74) is 2.93. The number of hydrogen-bond donors (Lipinski definition) is 1. The van der Waals surface area contributed by atoms with E-state index in [2.05, 4.69) is 36.1 Å². The van der Waals surface area contributed by atoms with Crippen LogP contribution >= 0.6 is 11.3 Å². The molecule has 1 amide bonds. The zero-order chi connectivity index (χ0) is 18.9. The molecule has 3 aromatic rings. The lowest BCUT2D eigenvalue weighted by Gasteiger charge is -2.19. The van der Waals surface area contributed by atoms with Crippen molar-refractivity contribution in [3.05, 3.63) is 46.6 Å². The van der Waals surface area contributed by atoms with Crippen molar-refractivity contribution >= 4 is 33.1 Å². The van der Waals surface area contributed by atoms with Gasteiger partial charge in [0.1, 0.15) is 11.2 Å². The Morgan fingerprint density at radius 1 is 1.19 bits per heavy atom. The van der Waals surface area contributed by atoms with E-state index < -0.39 is 0 Å². The molecule has 26 heavy (non-hydrogen) atoms. The zero-order valence-corrected chi connectivity index (χ0v) is 16.5. The molecule has 0 radical (unpaired) electrons. The molecule has 0 fully saturated rings. The van der Waals surface area contributed by atoms with E-state index in [1.165, 1.54) is 23.2 Å². The number of rotatable bonds is 4. The molecule has 5 nitrogen and oxygen atoms in total. The van der Waals surface area contributed by atoms with E-state index in [-0.39, 0.29) is 11.3 Å². The highest BCUT2D eigenvalue weighted by Gasteiger charge is 2.20. The van der Waals surface area contributed by atoms with Crippen LogP contribution in [0.2, 0.25) is 0 Å². The molecule has 0 unspecified atom stereocenters. The average molecular weight is 369 g/mol. The molecular weight excluding hydrogens is 346 g/mol. The van der Waals surface area contributed by atoms with Crippen molar-refractivity contribution in [2.75, 3.05) is 11.9 Å². The molecule has 6 heteroatoms. The smallest absolute Gasteiger partial charge is 0.266 e. The van der Waals surface area contributed by atoms with Crippen LogP contribution in [0.25, 0.3) is 10.2 Å². The Morgan fingerprint density at radius 2 is 1.88 bits per heavy atom. The number of aromatic nitrogens is 2. The van der Waals surface area contributed by atoms with Crippen LogP contribution in [0.15, 0.2) is 30.6 Å². The van der Waals surface area contributed by atoms with Crippen LogP contribution in [0.3, 0.4) is 0 Å². The fourth-order valence-corrected chi connectivity index (χ4v) is 3.78. The summed E-state index contributed by atoms with van der Waals surface area (Å²) in [7, 11) is 0. The lowest BCUT2D eigenvalue weighted by Crippen LogP contribution is -2.13. The fourth-order valence-electron chi connectivity index (χ4n) is 2.74. The minimum Gasteiger partial charge on any atom is -0.477 e. The van der Waals surface area contributed by atoms with E-state index >= 15 is 0 Å². The Kier molecular flexibility index (Phi) is 4.96. The summed E-state index contributed by atoms with van der Waals surface area (Å²) in [4.78, 5) is 22.6. The van der Waals surface area contributed by atoms with Crippen molar-refractivity contribution in [1.82, 2.24) is 9.97 Å². The lowest BCUT2D eigenvalue weighted by molar-refractivity contribution is 0.103. The first-order valence-corrected chi connectivity index (χ1v) is 9.41. The quantitative estimate of drug-likeness (QED) is 0.707. The number of nitrogens with one attached hydrogen (secondary N) is 1. The molecule has 1 N–H and O–H groups in total. The van der Waals surface area contributed by atoms with Crippen LogP contribution < -0.4 is 10.1 Å². The Bertz CT molecular complexity index is 940. The molecule has 0 bridgehead atoms. The first-order valence-electron chi connectivity index (χ1n) is 8.60. The van der Waals surface area contributed by atoms with Gasteiger partial charge < -0.3 is 10.1 Å².